The molecule has 0 radical (unpaired) electrons. The fourth-order valence-electron chi connectivity index (χ4n) is 1.98. The lowest BCUT2D eigenvalue weighted by Crippen LogP contribution is -2.12. The number of rotatable bonds is 1. The highest BCUT2D eigenvalue weighted by Gasteiger charge is 2.10. The molecule has 0 atom stereocenters. The first kappa shape index (κ1) is 11.0. The van der Waals surface area contributed by atoms with E-state index >= 15 is 0 Å². The molecule has 0 fully saturated rings. The normalized spacial score (nSPS) is 10.9. The van der Waals surface area contributed by atoms with Gasteiger partial charge in [-0.25, -0.2) is 3.96 Å². The monoisotopic (exact) mass is 256 g/mol. The summed E-state index contributed by atoms with van der Waals surface area (Å²) in [5.41, 5.74) is 8.38. The van der Waals surface area contributed by atoms with Crippen LogP contribution in [0.2, 0.25) is 0 Å². The summed E-state index contributed by atoms with van der Waals surface area (Å²) in [5, 5.41) is 0.754. The van der Waals surface area contributed by atoms with Crippen LogP contribution < -0.4 is 11.3 Å². The number of aromatic nitrogens is 1. The van der Waals surface area contributed by atoms with Crippen molar-refractivity contribution in [1.29, 1.82) is 0 Å². The molecule has 0 aliphatic heterocycles. The zero-order chi connectivity index (χ0) is 12.7. The lowest BCUT2D eigenvalue weighted by Gasteiger charge is -2.05. The topological polar surface area (TPSA) is 48.0 Å². The fourth-order valence-corrected chi connectivity index (χ4v) is 3.04. The van der Waals surface area contributed by atoms with Crippen LogP contribution in [-0.2, 0) is 0 Å². The summed E-state index contributed by atoms with van der Waals surface area (Å²) in [4.78, 5) is 12.3. The predicted octanol–water partition coefficient (Wildman–Crippen LogP) is 2.94. The Morgan fingerprint density at radius 1 is 1.17 bits per heavy atom. The van der Waals surface area contributed by atoms with Gasteiger partial charge in [0.2, 0.25) is 0 Å². The average molecular weight is 256 g/mol. The minimum Gasteiger partial charge on any atom is -0.399 e. The Kier molecular flexibility index (Phi) is 2.45. The minimum atomic E-state index is 0.0179. The largest absolute Gasteiger partial charge is 0.399 e. The molecule has 0 saturated carbocycles. The van der Waals surface area contributed by atoms with Crippen LogP contribution in [0.3, 0.4) is 0 Å². The Bertz CT molecular complexity index is 786. The van der Waals surface area contributed by atoms with Gasteiger partial charge in [0.1, 0.15) is 0 Å². The van der Waals surface area contributed by atoms with E-state index in [1.54, 1.807) is 3.96 Å². The number of anilines is 1. The Morgan fingerprint density at radius 3 is 2.72 bits per heavy atom. The summed E-state index contributed by atoms with van der Waals surface area (Å²) in [6.45, 7) is 1.98. The lowest BCUT2D eigenvalue weighted by molar-refractivity contribution is 1.12. The first-order valence-corrected chi connectivity index (χ1v) is 6.42. The summed E-state index contributed by atoms with van der Waals surface area (Å²) in [6, 6.07) is 13.2. The van der Waals surface area contributed by atoms with E-state index in [1.165, 1.54) is 11.5 Å². The minimum absolute atomic E-state index is 0.0179. The van der Waals surface area contributed by atoms with Crippen LogP contribution in [0.25, 0.3) is 15.8 Å². The van der Waals surface area contributed by atoms with Crippen LogP contribution in [0.1, 0.15) is 5.56 Å². The molecule has 0 saturated heterocycles. The SMILES string of the molecule is Cc1ccc(N)cc1-n1sc2ccccc2c1=O. The molecule has 1 aromatic heterocycles. The summed E-state index contributed by atoms with van der Waals surface area (Å²) < 4.78 is 2.69. The lowest BCUT2D eigenvalue weighted by atomic mass is 10.2. The molecule has 0 aliphatic rings. The van der Waals surface area contributed by atoms with Crippen molar-refractivity contribution in [1.82, 2.24) is 3.96 Å². The molecule has 2 aromatic carbocycles. The van der Waals surface area contributed by atoms with Crippen LogP contribution in [0.15, 0.2) is 47.3 Å². The number of nitrogen functional groups attached to an aromatic ring is 1. The molecular formula is C14H12N2OS. The number of nitrogens with two attached hydrogens (primary N) is 1. The molecule has 90 valence electrons. The molecule has 0 unspecified atom stereocenters. The van der Waals surface area contributed by atoms with Crippen molar-refractivity contribution in [2.45, 2.75) is 6.92 Å². The third-order valence-corrected chi connectivity index (χ3v) is 4.04. The zero-order valence-corrected chi connectivity index (χ0v) is 10.7. The molecule has 4 heteroatoms. The van der Waals surface area contributed by atoms with Crippen molar-refractivity contribution in [3.05, 3.63) is 58.4 Å². The van der Waals surface area contributed by atoms with Crippen LogP contribution in [0, 0.1) is 6.92 Å². The fraction of sp³-hybridized carbons (Fsp3) is 0.0714. The van der Waals surface area contributed by atoms with Crippen molar-refractivity contribution < 1.29 is 0 Å². The van der Waals surface area contributed by atoms with Crippen LogP contribution in [0.5, 0.6) is 0 Å². The third-order valence-electron chi connectivity index (χ3n) is 2.94. The van der Waals surface area contributed by atoms with Gasteiger partial charge in [-0.1, -0.05) is 29.7 Å². The first-order chi connectivity index (χ1) is 8.66. The molecule has 1 heterocycles. The van der Waals surface area contributed by atoms with E-state index in [0.29, 0.717) is 5.69 Å². The van der Waals surface area contributed by atoms with Gasteiger partial charge >= 0.3 is 0 Å². The standard InChI is InChI=1S/C14H12N2OS/c1-9-6-7-10(15)8-12(9)16-14(17)11-4-2-3-5-13(11)18-16/h2-8H,15H2,1H3. The van der Waals surface area contributed by atoms with E-state index in [0.717, 1.165) is 21.3 Å². The summed E-state index contributed by atoms with van der Waals surface area (Å²) in [6.07, 6.45) is 0. The van der Waals surface area contributed by atoms with Gasteiger partial charge in [-0.3, -0.25) is 4.79 Å². The number of nitrogens with zero attached hydrogens (tertiary/aromatic N) is 1. The molecular weight excluding hydrogens is 244 g/mol. The molecule has 18 heavy (non-hydrogen) atoms. The van der Waals surface area contributed by atoms with E-state index in [1.807, 2.05) is 49.4 Å². The number of hydrogen-bond donors (Lipinski definition) is 1. The second-order valence-corrected chi connectivity index (χ2v) is 5.22. The maximum Gasteiger partial charge on any atom is 0.273 e. The van der Waals surface area contributed by atoms with E-state index in [9.17, 15) is 4.79 Å². The maximum atomic E-state index is 12.3. The second-order valence-electron chi connectivity index (χ2n) is 4.23. The summed E-state index contributed by atoms with van der Waals surface area (Å²) in [7, 11) is 0. The van der Waals surface area contributed by atoms with Gasteiger partial charge in [-0.15, -0.1) is 0 Å². The highest BCUT2D eigenvalue weighted by Crippen LogP contribution is 2.23. The van der Waals surface area contributed by atoms with Gasteiger partial charge in [-0.05, 0) is 36.8 Å². The van der Waals surface area contributed by atoms with Gasteiger partial charge in [-0.2, -0.15) is 0 Å². The highest BCUT2D eigenvalue weighted by atomic mass is 32.1. The van der Waals surface area contributed by atoms with Crippen LogP contribution in [-0.4, -0.2) is 3.96 Å². The number of aryl methyl sites for hydroxylation is 1. The quantitative estimate of drug-likeness (QED) is 0.680. The molecule has 0 aliphatic carbocycles. The Morgan fingerprint density at radius 2 is 1.94 bits per heavy atom. The number of hydrogen-bond acceptors (Lipinski definition) is 3. The third kappa shape index (κ3) is 1.62. The zero-order valence-electron chi connectivity index (χ0n) is 9.88. The van der Waals surface area contributed by atoms with Crippen molar-refractivity contribution in [3.8, 4) is 5.69 Å². The second kappa shape index (κ2) is 3.99. The van der Waals surface area contributed by atoms with Gasteiger partial charge in [0.25, 0.3) is 5.56 Å². The number of benzene rings is 2. The van der Waals surface area contributed by atoms with E-state index in [2.05, 4.69) is 0 Å². The van der Waals surface area contributed by atoms with E-state index in [-0.39, 0.29) is 5.56 Å². The highest BCUT2D eigenvalue weighted by molar-refractivity contribution is 7.14. The van der Waals surface area contributed by atoms with Crippen molar-refractivity contribution in [2.75, 3.05) is 5.73 Å². The molecule has 2 N–H and O–H groups in total. The van der Waals surface area contributed by atoms with E-state index in [4.69, 9.17) is 5.73 Å². The average Bonchev–Trinajstić information content (AvgIpc) is 2.71. The van der Waals surface area contributed by atoms with Crippen LogP contribution in [0.4, 0.5) is 5.69 Å². The van der Waals surface area contributed by atoms with Gasteiger partial charge in [0, 0.05) is 5.69 Å². The Labute approximate surface area is 108 Å². The first-order valence-electron chi connectivity index (χ1n) is 5.64. The smallest absolute Gasteiger partial charge is 0.273 e. The van der Waals surface area contributed by atoms with Gasteiger partial charge in [0.05, 0.1) is 15.8 Å². The number of fused-ring (bicyclic) bond motifs is 1. The molecule has 0 spiro atoms. The van der Waals surface area contributed by atoms with E-state index < -0.39 is 0 Å². The van der Waals surface area contributed by atoms with Gasteiger partial charge in [0.15, 0.2) is 0 Å². The molecule has 0 amide bonds. The maximum absolute atomic E-state index is 12.3. The van der Waals surface area contributed by atoms with Crippen molar-refractivity contribution in [2.24, 2.45) is 0 Å². The molecule has 3 nitrogen and oxygen atoms in total. The Hall–Kier alpha value is -2.07. The Balaban J connectivity index is 2.35. The molecule has 3 aromatic rings. The summed E-state index contributed by atoms with van der Waals surface area (Å²) in [5.74, 6) is 0. The predicted molar refractivity (Wildman–Crippen MR) is 76.6 cm³/mol. The van der Waals surface area contributed by atoms with Gasteiger partial charge < -0.3 is 5.73 Å². The van der Waals surface area contributed by atoms with Crippen molar-refractivity contribution in [3.63, 3.8) is 0 Å². The molecule has 0 bridgehead atoms. The molecule has 3 rings (SSSR count). The van der Waals surface area contributed by atoms with Crippen LogP contribution >= 0.6 is 11.5 Å². The van der Waals surface area contributed by atoms with Crippen molar-refractivity contribution >= 4 is 27.3 Å². The summed E-state index contributed by atoms with van der Waals surface area (Å²) >= 11 is 1.45.